The molecular weight excluding hydrogens is 721 g/mol. The van der Waals surface area contributed by atoms with Gasteiger partial charge in [-0.2, -0.15) is 11.3 Å². The van der Waals surface area contributed by atoms with Gasteiger partial charge in [0.1, 0.15) is 22.7 Å². The van der Waals surface area contributed by atoms with Gasteiger partial charge in [0.2, 0.25) is 0 Å². The van der Waals surface area contributed by atoms with E-state index in [1.807, 2.05) is 132 Å². The van der Waals surface area contributed by atoms with Crippen LogP contribution in [0.3, 0.4) is 0 Å². The predicted octanol–water partition coefficient (Wildman–Crippen LogP) is 8.47. The summed E-state index contributed by atoms with van der Waals surface area (Å²) in [5.41, 5.74) is 2.84. The Balaban J connectivity index is 0.000000211. The van der Waals surface area contributed by atoms with Crippen LogP contribution in [-0.2, 0) is 31.0 Å². The van der Waals surface area contributed by atoms with E-state index in [9.17, 15) is 19.2 Å². The Morgan fingerprint density at radius 3 is 1.87 bits per heavy atom. The third-order valence-corrected chi connectivity index (χ3v) is 9.33. The summed E-state index contributed by atoms with van der Waals surface area (Å²) in [4.78, 5) is 48.8. The number of fused-ring (bicyclic) bond motifs is 2. The largest absolute Gasteiger partial charge is 0.479 e. The van der Waals surface area contributed by atoms with E-state index < -0.39 is 41.1 Å². The van der Waals surface area contributed by atoms with Crippen LogP contribution in [0.5, 0.6) is 11.5 Å². The Morgan fingerprint density at radius 2 is 1.31 bits per heavy atom. The van der Waals surface area contributed by atoms with Crippen LogP contribution in [0.4, 0.5) is 21.0 Å². The number of benzene rings is 3. The molecule has 292 valence electrons. The zero-order chi connectivity index (χ0) is 40.1. The summed E-state index contributed by atoms with van der Waals surface area (Å²) in [7, 11) is 0. The minimum absolute atomic E-state index is 0.190. The molecule has 4 N–H and O–H groups in total. The molecule has 0 bridgehead atoms. The summed E-state index contributed by atoms with van der Waals surface area (Å²) < 4.78 is 22.1. The molecule has 3 aromatic carbocycles. The Hall–Kier alpha value is -5.56. The van der Waals surface area contributed by atoms with Crippen LogP contribution in [0.2, 0.25) is 0 Å². The van der Waals surface area contributed by atoms with E-state index in [1.165, 1.54) is 0 Å². The van der Waals surface area contributed by atoms with Crippen LogP contribution < -0.4 is 30.7 Å². The molecule has 0 saturated carbocycles. The standard InChI is InChI=1S/C22H26N2O4.C20H24N2O4S/c1-14-20(25)23-18-13-16(10-11-19(18)27-14)17(12-15-8-6-5-7-9-15)24-21(26)28-22(2,3)4;1-12-17(23)21-15-10-13(6-7-16(15)25-12)20(5,14-8-9-27-11-14)22-18(24)26-19(2,3)4/h5-11,13-14,17H,12H2,1-4H3,(H,23,25)(H,24,26);6-12H,1-5H3,(H,21,23)(H,22,24). The topological polar surface area (TPSA) is 153 Å². The molecule has 6 rings (SSSR count). The summed E-state index contributed by atoms with van der Waals surface area (Å²) in [5.74, 6) is 0.837. The number of carbonyl (C=O) groups is 4. The first-order valence-corrected chi connectivity index (χ1v) is 19.0. The van der Waals surface area contributed by atoms with Crippen molar-refractivity contribution in [3.63, 3.8) is 0 Å². The monoisotopic (exact) mass is 770 g/mol. The first kappa shape index (κ1) is 40.6. The van der Waals surface area contributed by atoms with E-state index in [2.05, 4.69) is 21.3 Å². The van der Waals surface area contributed by atoms with Gasteiger partial charge in [0, 0.05) is 0 Å². The number of carbonyl (C=O) groups excluding carboxylic acids is 4. The minimum Gasteiger partial charge on any atom is -0.479 e. The van der Waals surface area contributed by atoms with E-state index in [0.29, 0.717) is 29.3 Å². The summed E-state index contributed by atoms with van der Waals surface area (Å²) in [6.07, 6.45) is -1.47. The van der Waals surface area contributed by atoms with Crippen molar-refractivity contribution in [2.24, 2.45) is 0 Å². The fraction of sp³-hybridized carbons (Fsp3) is 0.381. The smallest absolute Gasteiger partial charge is 0.408 e. The zero-order valence-corrected chi connectivity index (χ0v) is 33.5. The van der Waals surface area contributed by atoms with Gasteiger partial charge in [-0.3, -0.25) is 9.59 Å². The lowest BCUT2D eigenvalue weighted by molar-refractivity contribution is -0.123. The molecule has 3 heterocycles. The van der Waals surface area contributed by atoms with Crippen molar-refractivity contribution in [1.82, 2.24) is 10.6 Å². The molecule has 12 nitrogen and oxygen atoms in total. The van der Waals surface area contributed by atoms with E-state index in [4.69, 9.17) is 18.9 Å². The van der Waals surface area contributed by atoms with Crippen LogP contribution in [0, 0.1) is 0 Å². The number of amides is 4. The Labute approximate surface area is 326 Å². The highest BCUT2D eigenvalue weighted by Crippen LogP contribution is 2.38. The molecule has 4 aromatic rings. The van der Waals surface area contributed by atoms with Crippen molar-refractivity contribution >= 4 is 46.7 Å². The molecule has 55 heavy (non-hydrogen) atoms. The van der Waals surface area contributed by atoms with Crippen molar-refractivity contribution in [1.29, 1.82) is 0 Å². The van der Waals surface area contributed by atoms with Crippen molar-refractivity contribution < 1.29 is 38.1 Å². The Morgan fingerprint density at radius 1 is 0.745 bits per heavy atom. The number of anilines is 2. The molecule has 2 aliphatic heterocycles. The van der Waals surface area contributed by atoms with Gasteiger partial charge < -0.3 is 40.2 Å². The Bertz CT molecular complexity index is 2010. The number of rotatable bonds is 7. The van der Waals surface area contributed by atoms with Crippen molar-refractivity contribution in [2.75, 3.05) is 10.6 Å². The fourth-order valence-electron chi connectivity index (χ4n) is 5.88. The number of hydrogen-bond donors (Lipinski definition) is 4. The molecule has 0 aliphatic carbocycles. The number of nitrogens with one attached hydrogen (secondary N) is 4. The second kappa shape index (κ2) is 16.4. The van der Waals surface area contributed by atoms with E-state index >= 15 is 0 Å². The maximum Gasteiger partial charge on any atom is 0.408 e. The second-order valence-electron chi connectivity index (χ2n) is 15.6. The summed E-state index contributed by atoms with van der Waals surface area (Å²) in [6, 6.07) is 22.6. The van der Waals surface area contributed by atoms with E-state index in [1.54, 1.807) is 25.2 Å². The lowest BCUT2D eigenvalue weighted by Gasteiger charge is -2.33. The maximum atomic E-state index is 12.5. The average Bonchev–Trinajstić information content (AvgIpc) is 3.64. The highest BCUT2D eigenvalue weighted by atomic mass is 32.1. The molecular formula is C42H50N4O8S. The van der Waals surface area contributed by atoms with Crippen molar-refractivity contribution in [2.45, 2.75) is 104 Å². The zero-order valence-electron chi connectivity index (χ0n) is 32.7. The number of ether oxygens (including phenoxy) is 4. The molecule has 0 saturated heterocycles. The SMILES string of the molecule is CC1Oc2ccc(C(C)(NC(=O)OC(C)(C)C)c3ccsc3)cc2NC1=O.CC1Oc2ccc(C(Cc3ccccc3)NC(=O)OC(C)(C)C)cc2NC1=O. The van der Waals surface area contributed by atoms with Gasteiger partial charge in [-0.1, -0.05) is 42.5 Å². The highest BCUT2D eigenvalue weighted by Gasteiger charge is 2.35. The number of thiophene rings is 1. The summed E-state index contributed by atoms with van der Waals surface area (Å²) in [6.45, 7) is 16.3. The van der Waals surface area contributed by atoms with Gasteiger partial charge in [0.25, 0.3) is 11.8 Å². The quantitative estimate of drug-likeness (QED) is 0.146. The average molecular weight is 771 g/mol. The van der Waals surface area contributed by atoms with Crippen LogP contribution >= 0.6 is 11.3 Å². The molecule has 13 heteroatoms. The minimum atomic E-state index is -0.828. The highest BCUT2D eigenvalue weighted by molar-refractivity contribution is 7.08. The van der Waals surface area contributed by atoms with Gasteiger partial charge >= 0.3 is 12.2 Å². The molecule has 4 atom stereocenters. The molecule has 1 aromatic heterocycles. The number of alkyl carbamates (subject to hydrolysis) is 2. The van der Waals surface area contributed by atoms with Gasteiger partial charge in [-0.05, 0) is 132 Å². The van der Waals surface area contributed by atoms with Gasteiger partial charge in [0.05, 0.1) is 23.0 Å². The van der Waals surface area contributed by atoms with Gasteiger partial charge in [0.15, 0.2) is 12.2 Å². The van der Waals surface area contributed by atoms with E-state index in [-0.39, 0.29) is 17.9 Å². The molecule has 0 radical (unpaired) electrons. The molecule has 0 fully saturated rings. The van der Waals surface area contributed by atoms with Crippen LogP contribution in [0.25, 0.3) is 0 Å². The summed E-state index contributed by atoms with van der Waals surface area (Å²) in [5, 5.41) is 15.6. The third kappa shape index (κ3) is 10.8. The van der Waals surface area contributed by atoms with Crippen molar-refractivity contribution in [3.8, 4) is 11.5 Å². The maximum absolute atomic E-state index is 12.5. The third-order valence-electron chi connectivity index (χ3n) is 8.65. The predicted molar refractivity (Wildman–Crippen MR) is 213 cm³/mol. The van der Waals surface area contributed by atoms with Crippen LogP contribution in [0.1, 0.15) is 90.6 Å². The molecule has 4 amide bonds. The number of hydrogen-bond acceptors (Lipinski definition) is 9. The van der Waals surface area contributed by atoms with Crippen molar-refractivity contribution in [3.05, 3.63) is 106 Å². The van der Waals surface area contributed by atoms with Crippen LogP contribution in [-0.4, -0.2) is 47.4 Å². The van der Waals surface area contributed by atoms with Gasteiger partial charge in [-0.25, -0.2) is 9.59 Å². The fourth-order valence-corrected chi connectivity index (χ4v) is 6.65. The molecule has 2 aliphatic rings. The first-order valence-electron chi connectivity index (χ1n) is 18.1. The normalized spacial score (nSPS) is 17.8. The van der Waals surface area contributed by atoms with E-state index in [0.717, 1.165) is 22.3 Å². The van der Waals surface area contributed by atoms with Crippen LogP contribution in [0.15, 0.2) is 83.6 Å². The molecule has 4 unspecified atom stereocenters. The van der Waals surface area contributed by atoms with Gasteiger partial charge in [-0.15, -0.1) is 0 Å². The first-order chi connectivity index (χ1) is 25.8. The summed E-state index contributed by atoms with van der Waals surface area (Å²) >= 11 is 1.54. The lowest BCUT2D eigenvalue weighted by Crippen LogP contribution is -2.46. The Kier molecular flexibility index (Phi) is 12.1. The lowest BCUT2D eigenvalue weighted by atomic mass is 9.86. The second-order valence-corrected chi connectivity index (χ2v) is 16.4. The molecule has 0 spiro atoms.